The lowest BCUT2D eigenvalue weighted by molar-refractivity contribution is 0.0398. The van der Waals surface area contributed by atoms with Gasteiger partial charge < -0.3 is 15.4 Å². The van der Waals surface area contributed by atoms with Crippen LogP contribution in [0.2, 0.25) is 0 Å². The minimum absolute atomic E-state index is 0.670. The Labute approximate surface area is 172 Å². The van der Waals surface area contributed by atoms with Crippen molar-refractivity contribution in [3.63, 3.8) is 0 Å². The quantitative estimate of drug-likeness (QED) is 0.615. The maximum absolute atomic E-state index is 5.39. The molecule has 0 unspecified atom stereocenters. The molecular weight excluding hydrogens is 362 g/mol. The topological polar surface area (TPSA) is 62.3 Å². The maximum atomic E-state index is 5.39. The van der Waals surface area contributed by atoms with Crippen LogP contribution in [0, 0.1) is 0 Å². The van der Waals surface area contributed by atoms with E-state index < -0.39 is 0 Å². The first-order valence-corrected chi connectivity index (χ1v) is 10.1. The van der Waals surface area contributed by atoms with Gasteiger partial charge in [-0.05, 0) is 29.8 Å². The summed E-state index contributed by atoms with van der Waals surface area (Å²) >= 11 is 0. The van der Waals surface area contributed by atoms with Crippen LogP contribution < -0.4 is 10.6 Å². The summed E-state index contributed by atoms with van der Waals surface area (Å²) < 4.78 is 5.39. The number of hydrogen-bond donors (Lipinski definition) is 2. The third kappa shape index (κ3) is 5.76. The molecule has 29 heavy (non-hydrogen) atoms. The first kappa shape index (κ1) is 19.4. The molecule has 0 atom stereocenters. The number of nitrogens with one attached hydrogen (secondary N) is 2. The Kier molecular flexibility index (Phi) is 6.68. The fourth-order valence-electron chi connectivity index (χ4n) is 3.36. The molecule has 1 fully saturated rings. The molecule has 1 aliphatic rings. The Morgan fingerprint density at radius 2 is 1.79 bits per heavy atom. The minimum Gasteiger partial charge on any atom is -0.381 e. The molecule has 2 N–H and O–H groups in total. The fourth-order valence-corrected chi connectivity index (χ4v) is 3.36. The van der Waals surface area contributed by atoms with Gasteiger partial charge in [-0.25, -0.2) is 9.97 Å². The van der Waals surface area contributed by atoms with Crippen molar-refractivity contribution in [3.05, 3.63) is 72.4 Å². The summed E-state index contributed by atoms with van der Waals surface area (Å²) in [7, 11) is 0. The number of rotatable bonds is 8. The zero-order valence-corrected chi connectivity index (χ0v) is 16.6. The van der Waals surface area contributed by atoms with Crippen LogP contribution in [0.5, 0.6) is 0 Å². The number of morpholine rings is 1. The van der Waals surface area contributed by atoms with Crippen molar-refractivity contribution in [3.8, 4) is 11.3 Å². The van der Waals surface area contributed by atoms with Gasteiger partial charge in [0.05, 0.1) is 18.9 Å². The summed E-state index contributed by atoms with van der Waals surface area (Å²) in [6.07, 6.45) is 1.81. The smallest absolute Gasteiger partial charge is 0.223 e. The van der Waals surface area contributed by atoms with Gasteiger partial charge in [0.2, 0.25) is 5.95 Å². The fraction of sp³-hybridized carbons (Fsp3) is 0.304. The molecule has 0 saturated carbocycles. The molecule has 3 aromatic rings. The standard InChI is InChI=1S/C23H27N5O/c1-2-7-21(8-3-1)26-18-19-5-4-6-20(17-19)22-9-10-24-23(27-22)25-11-12-28-13-15-29-16-14-28/h1-10,17,26H,11-16,18H2,(H,24,25,27). The maximum Gasteiger partial charge on any atom is 0.223 e. The third-order valence-corrected chi connectivity index (χ3v) is 4.96. The predicted octanol–water partition coefficient (Wildman–Crippen LogP) is 3.50. The molecule has 6 heteroatoms. The number of hydrogen-bond acceptors (Lipinski definition) is 6. The number of ether oxygens (including phenoxy) is 1. The van der Waals surface area contributed by atoms with Crippen LogP contribution in [0.15, 0.2) is 66.9 Å². The highest BCUT2D eigenvalue weighted by molar-refractivity contribution is 5.61. The van der Waals surface area contributed by atoms with Gasteiger partial charge >= 0.3 is 0 Å². The predicted molar refractivity (Wildman–Crippen MR) is 117 cm³/mol. The van der Waals surface area contributed by atoms with Crippen LogP contribution in [0.1, 0.15) is 5.56 Å². The van der Waals surface area contributed by atoms with Crippen LogP contribution in [0.4, 0.5) is 11.6 Å². The molecule has 0 bridgehead atoms. The van der Waals surface area contributed by atoms with E-state index >= 15 is 0 Å². The summed E-state index contributed by atoms with van der Waals surface area (Å²) in [4.78, 5) is 11.5. The highest BCUT2D eigenvalue weighted by Gasteiger charge is 2.10. The zero-order valence-electron chi connectivity index (χ0n) is 16.6. The van der Waals surface area contributed by atoms with Gasteiger partial charge in [-0.2, -0.15) is 0 Å². The highest BCUT2D eigenvalue weighted by Crippen LogP contribution is 2.20. The van der Waals surface area contributed by atoms with Crippen molar-refractivity contribution in [2.24, 2.45) is 0 Å². The Bertz CT molecular complexity index is 897. The molecule has 1 aliphatic heterocycles. The molecule has 0 radical (unpaired) electrons. The molecule has 2 aromatic carbocycles. The molecule has 150 valence electrons. The van der Waals surface area contributed by atoms with Crippen molar-refractivity contribution >= 4 is 11.6 Å². The summed E-state index contributed by atoms with van der Waals surface area (Å²) in [6.45, 7) is 6.19. The first-order valence-electron chi connectivity index (χ1n) is 10.1. The molecule has 0 amide bonds. The van der Waals surface area contributed by atoms with Crippen molar-refractivity contribution < 1.29 is 4.74 Å². The van der Waals surface area contributed by atoms with Gasteiger partial charge in [0.25, 0.3) is 0 Å². The van der Waals surface area contributed by atoms with E-state index in [4.69, 9.17) is 9.72 Å². The van der Waals surface area contributed by atoms with E-state index in [1.807, 2.05) is 30.5 Å². The van der Waals surface area contributed by atoms with E-state index in [9.17, 15) is 0 Å². The molecule has 6 nitrogen and oxygen atoms in total. The summed E-state index contributed by atoms with van der Waals surface area (Å²) in [6, 6.07) is 20.7. The summed E-state index contributed by atoms with van der Waals surface area (Å²) in [5.74, 6) is 0.670. The Morgan fingerprint density at radius 1 is 0.931 bits per heavy atom. The van der Waals surface area contributed by atoms with Crippen molar-refractivity contribution in [2.45, 2.75) is 6.54 Å². The lowest BCUT2D eigenvalue weighted by atomic mass is 10.1. The Hall–Kier alpha value is -2.96. The average Bonchev–Trinajstić information content (AvgIpc) is 2.80. The highest BCUT2D eigenvalue weighted by atomic mass is 16.5. The lowest BCUT2D eigenvalue weighted by Gasteiger charge is -2.26. The van der Waals surface area contributed by atoms with Gasteiger partial charge in [0.1, 0.15) is 0 Å². The van der Waals surface area contributed by atoms with Gasteiger partial charge in [-0.3, -0.25) is 4.90 Å². The summed E-state index contributed by atoms with van der Waals surface area (Å²) in [5, 5.41) is 6.80. The molecule has 0 aliphatic carbocycles. The van der Waals surface area contributed by atoms with Gasteiger partial charge in [0.15, 0.2) is 0 Å². The number of aromatic nitrogens is 2. The Morgan fingerprint density at radius 3 is 2.66 bits per heavy atom. The molecule has 4 rings (SSSR count). The molecule has 1 saturated heterocycles. The second-order valence-corrected chi connectivity index (χ2v) is 7.07. The largest absolute Gasteiger partial charge is 0.381 e. The number of benzene rings is 2. The van der Waals surface area contributed by atoms with Crippen LogP contribution in [-0.4, -0.2) is 54.3 Å². The SMILES string of the molecule is c1ccc(NCc2cccc(-c3ccnc(NCCN4CCOCC4)n3)c2)cc1. The van der Waals surface area contributed by atoms with Gasteiger partial charge in [-0.1, -0.05) is 36.4 Å². The zero-order chi connectivity index (χ0) is 19.7. The van der Waals surface area contributed by atoms with Crippen LogP contribution >= 0.6 is 0 Å². The minimum atomic E-state index is 0.670. The Balaban J connectivity index is 1.36. The second kappa shape index (κ2) is 10.0. The molecule has 0 spiro atoms. The number of nitrogens with zero attached hydrogens (tertiary/aromatic N) is 3. The normalized spacial score (nSPS) is 14.5. The van der Waals surface area contributed by atoms with Crippen molar-refractivity contribution in [1.29, 1.82) is 0 Å². The van der Waals surface area contributed by atoms with E-state index in [0.29, 0.717) is 5.95 Å². The van der Waals surface area contributed by atoms with Crippen LogP contribution in [0.25, 0.3) is 11.3 Å². The van der Waals surface area contributed by atoms with Gasteiger partial charge in [-0.15, -0.1) is 0 Å². The number of para-hydroxylation sites is 1. The van der Waals surface area contributed by atoms with E-state index in [2.05, 4.69) is 56.9 Å². The molecular formula is C23H27N5O. The first-order chi connectivity index (χ1) is 14.4. The van der Waals surface area contributed by atoms with Crippen LogP contribution in [-0.2, 0) is 11.3 Å². The molecule has 1 aromatic heterocycles. The third-order valence-electron chi connectivity index (χ3n) is 4.96. The lowest BCUT2D eigenvalue weighted by Crippen LogP contribution is -2.39. The van der Waals surface area contributed by atoms with E-state index in [1.54, 1.807) is 0 Å². The van der Waals surface area contributed by atoms with Crippen LogP contribution in [0.3, 0.4) is 0 Å². The average molecular weight is 390 g/mol. The number of anilines is 2. The molecule has 2 heterocycles. The van der Waals surface area contributed by atoms with E-state index in [-0.39, 0.29) is 0 Å². The van der Waals surface area contributed by atoms with E-state index in [1.165, 1.54) is 5.56 Å². The monoisotopic (exact) mass is 389 g/mol. The van der Waals surface area contributed by atoms with Gasteiger partial charge in [0, 0.05) is 50.2 Å². The van der Waals surface area contributed by atoms with E-state index in [0.717, 1.165) is 62.9 Å². The summed E-state index contributed by atoms with van der Waals surface area (Å²) in [5.41, 5.74) is 4.35. The van der Waals surface area contributed by atoms with Crippen molar-refractivity contribution in [1.82, 2.24) is 14.9 Å². The van der Waals surface area contributed by atoms with Crippen molar-refractivity contribution in [2.75, 3.05) is 50.0 Å². The second-order valence-electron chi connectivity index (χ2n) is 7.07.